The highest BCUT2D eigenvalue weighted by Crippen LogP contribution is 2.38. The van der Waals surface area contributed by atoms with Crippen LogP contribution in [0.25, 0.3) is 11.1 Å². The Morgan fingerprint density at radius 3 is 2.18 bits per heavy atom. The lowest BCUT2D eigenvalue weighted by Crippen LogP contribution is -2.29. The normalized spacial score (nSPS) is 17.4. The summed E-state index contributed by atoms with van der Waals surface area (Å²) in [4.78, 5) is 13.9. The highest BCUT2D eigenvalue weighted by molar-refractivity contribution is 5.91. The Kier molecular flexibility index (Phi) is 12.6. The molecule has 0 unspecified atom stereocenters. The summed E-state index contributed by atoms with van der Waals surface area (Å²) >= 11 is 0. The Balaban J connectivity index is 1.49. The van der Waals surface area contributed by atoms with E-state index in [1.54, 1.807) is 11.8 Å². The van der Waals surface area contributed by atoms with Crippen LogP contribution in [-0.2, 0) is 17.6 Å². The van der Waals surface area contributed by atoms with Crippen molar-refractivity contribution >= 4 is 5.91 Å². The topological polar surface area (TPSA) is 20.3 Å². The minimum atomic E-state index is 0.0269. The van der Waals surface area contributed by atoms with Gasteiger partial charge in [-0.15, -0.1) is 0 Å². The second-order valence-corrected chi connectivity index (χ2v) is 11.9. The minimum Gasteiger partial charge on any atom is -0.342 e. The first kappa shape index (κ1) is 30.2. The average molecular weight is 516 g/mol. The van der Waals surface area contributed by atoms with Crippen LogP contribution in [0.3, 0.4) is 0 Å². The van der Waals surface area contributed by atoms with E-state index in [1.165, 1.54) is 105 Å². The molecule has 0 aromatic heterocycles. The molecule has 0 heterocycles. The smallest absolute Gasteiger partial charge is 0.248 e. The second kappa shape index (κ2) is 15.9. The zero-order valence-electron chi connectivity index (χ0n) is 24.9. The minimum absolute atomic E-state index is 0.0269. The average Bonchev–Trinajstić information content (AvgIpc) is 2.95. The number of hydrogen-bond acceptors (Lipinski definition) is 1. The molecule has 1 saturated carbocycles. The third-order valence-electron chi connectivity index (χ3n) is 8.75. The Labute approximate surface area is 233 Å². The van der Waals surface area contributed by atoms with Crippen molar-refractivity contribution in [2.24, 2.45) is 5.92 Å². The van der Waals surface area contributed by atoms with Gasteiger partial charge in [0.15, 0.2) is 0 Å². The van der Waals surface area contributed by atoms with Crippen LogP contribution in [0.1, 0.15) is 120 Å². The van der Waals surface area contributed by atoms with Crippen LogP contribution >= 0.6 is 0 Å². The molecular formula is C36H53NO. The molecule has 1 aliphatic carbocycles. The van der Waals surface area contributed by atoms with Crippen molar-refractivity contribution in [3.63, 3.8) is 0 Å². The number of amides is 1. The molecule has 0 radical (unpaired) electrons. The zero-order valence-corrected chi connectivity index (χ0v) is 24.9. The van der Waals surface area contributed by atoms with Crippen LogP contribution in [0.5, 0.6) is 0 Å². The van der Waals surface area contributed by atoms with Crippen LogP contribution < -0.4 is 0 Å². The van der Waals surface area contributed by atoms with E-state index in [2.05, 4.69) is 62.9 Å². The van der Waals surface area contributed by atoms with Crippen molar-refractivity contribution in [1.82, 2.24) is 4.90 Å². The van der Waals surface area contributed by atoms with E-state index in [1.807, 2.05) is 7.05 Å². The number of carbonyl (C=O) groups is 1. The molecule has 1 aliphatic rings. The maximum absolute atomic E-state index is 12.1. The quantitative estimate of drug-likeness (QED) is 0.171. The summed E-state index contributed by atoms with van der Waals surface area (Å²) in [6, 6.07) is 16.3. The molecule has 208 valence electrons. The number of aryl methyl sites for hydroxylation is 1. The van der Waals surface area contributed by atoms with Crippen LogP contribution in [0.4, 0.5) is 0 Å². The van der Waals surface area contributed by atoms with Crippen molar-refractivity contribution in [3.05, 3.63) is 71.3 Å². The van der Waals surface area contributed by atoms with Crippen LogP contribution in [0.2, 0.25) is 0 Å². The standard InChI is InChI=1S/C36H53NO/c1-6-8-9-10-11-12-13-14-29-15-18-32(19-16-29)33-20-22-34(23-21-33)35-24-17-30(27-31(35)7-2)25-26-37(5)36(38)28(3)4/h17,20-24,27,29,32H,3,6-16,18-19,25-26H2,1-2,4-5H3. The van der Waals surface area contributed by atoms with Crippen LogP contribution in [0, 0.1) is 5.92 Å². The Hall–Kier alpha value is -2.35. The van der Waals surface area contributed by atoms with Gasteiger partial charge in [0.2, 0.25) is 5.91 Å². The number of likely N-dealkylation sites (N-methyl/N-ethyl adjacent to an activating group) is 1. The molecule has 2 aromatic carbocycles. The number of nitrogens with zero attached hydrogens (tertiary/aromatic N) is 1. The van der Waals surface area contributed by atoms with E-state index in [-0.39, 0.29) is 5.91 Å². The SMILES string of the molecule is C=C(C)C(=O)N(C)CCc1ccc(-c2ccc(C3CCC(CCCCCCCCC)CC3)cc2)c(CC)c1. The van der Waals surface area contributed by atoms with E-state index in [0.29, 0.717) is 12.1 Å². The van der Waals surface area contributed by atoms with Gasteiger partial charge in [0, 0.05) is 19.2 Å². The van der Waals surface area contributed by atoms with Gasteiger partial charge in [0.25, 0.3) is 0 Å². The number of carbonyl (C=O) groups excluding carboxylic acids is 1. The van der Waals surface area contributed by atoms with Gasteiger partial charge in [-0.25, -0.2) is 0 Å². The molecular weight excluding hydrogens is 462 g/mol. The fourth-order valence-electron chi connectivity index (χ4n) is 6.21. The molecule has 1 amide bonds. The van der Waals surface area contributed by atoms with Gasteiger partial charge in [0.1, 0.15) is 0 Å². The van der Waals surface area contributed by atoms with Crippen molar-refractivity contribution in [2.75, 3.05) is 13.6 Å². The van der Waals surface area contributed by atoms with Gasteiger partial charge in [-0.3, -0.25) is 4.79 Å². The lowest BCUT2D eigenvalue weighted by molar-refractivity contribution is -0.125. The summed E-state index contributed by atoms with van der Waals surface area (Å²) in [7, 11) is 1.86. The Morgan fingerprint density at radius 2 is 1.55 bits per heavy atom. The first-order valence-electron chi connectivity index (χ1n) is 15.6. The van der Waals surface area contributed by atoms with Gasteiger partial charge in [-0.1, -0.05) is 114 Å². The molecule has 2 heteroatoms. The number of benzene rings is 2. The van der Waals surface area contributed by atoms with Crippen molar-refractivity contribution in [1.29, 1.82) is 0 Å². The van der Waals surface area contributed by atoms with Crippen LogP contribution in [-0.4, -0.2) is 24.4 Å². The molecule has 0 N–H and O–H groups in total. The molecule has 2 aromatic rings. The highest BCUT2D eigenvalue weighted by atomic mass is 16.2. The van der Waals surface area contributed by atoms with E-state index in [4.69, 9.17) is 0 Å². The molecule has 0 bridgehead atoms. The fourth-order valence-corrected chi connectivity index (χ4v) is 6.21. The summed E-state index contributed by atoms with van der Waals surface area (Å²) < 4.78 is 0. The Morgan fingerprint density at radius 1 is 0.895 bits per heavy atom. The molecule has 0 aliphatic heterocycles. The van der Waals surface area contributed by atoms with E-state index in [0.717, 1.165) is 24.7 Å². The summed E-state index contributed by atoms with van der Waals surface area (Å²) in [5.74, 6) is 1.73. The van der Waals surface area contributed by atoms with E-state index in [9.17, 15) is 4.79 Å². The number of rotatable bonds is 15. The molecule has 0 saturated heterocycles. The maximum Gasteiger partial charge on any atom is 0.248 e. The van der Waals surface area contributed by atoms with E-state index >= 15 is 0 Å². The van der Waals surface area contributed by atoms with Crippen molar-refractivity contribution in [2.45, 2.75) is 117 Å². The molecule has 38 heavy (non-hydrogen) atoms. The lowest BCUT2D eigenvalue weighted by Gasteiger charge is -2.29. The Bertz CT molecular complexity index is 997. The third kappa shape index (κ3) is 9.14. The van der Waals surface area contributed by atoms with Gasteiger partial charge in [0.05, 0.1) is 0 Å². The molecule has 2 nitrogen and oxygen atoms in total. The second-order valence-electron chi connectivity index (χ2n) is 11.9. The molecule has 3 rings (SSSR count). The first-order chi connectivity index (χ1) is 18.4. The molecule has 0 atom stereocenters. The lowest BCUT2D eigenvalue weighted by atomic mass is 9.77. The number of unbranched alkanes of at least 4 members (excludes halogenated alkanes) is 6. The largest absolute Gasteiger partial charge is 0.342 e. The summed E-state index contributed by atoms with van der Waals surface area (Å²) in [6.07, 6.45) is 18.8. The summed E-state index contributed by atoms with van der Waals surface area (Å²) in [5, 5.41) is 0. The van der Waals surface area contributed by atoms with Gasteiger partial charge in [-0.05, 0) is 85.1 Å². The van der Waals surface area contributed by atoms with Crippen molar-refractivity contribution < 1.29 is 4.79 Å². The van der Waals surface area contributed by atoms with E-state index < -0.39 is 0 Å². The fraction of sp³-hybridized carbons (Fsp3) is 0.583. The van der Waals surface area contributed by atoms with Gasteiger partial charge >= 0.3 is 0 Å². The van der Waals surface area contributed by atoms with Gasteiger partial charge in [-0.2, -0.15) is 0 Å². The monoisotopic (exact) mass is 515 g/mol. The van der Waals surface area contributed by atoms with Crippen molar-refractivity contribution in [3.8, 4) is 11.1 Å². The first-order valence-corrected chi connectivity index (χ1v) is 15.6. The van der Waals surface area contributed by atoms with Crippen LogP contribution in [0.15, 0.2) is 54.6 Å². The predicted octanol–water partition coefficient (Wildman–Crippen LogP) is 9.91. The predicted molar refractivity (Wildman–Crippen MR) is 165 cm³/mol. The summed E-state index contributed by atoms with van der Waals surface area (Å²) in [5.41, 5.74) is 7.46. The maximum atomic E-state index is 12.1. The molecule has 1 fully saturated rings. The highest BCUT2D eigenvalue weighted by Gasteiger charge is 2.22. The number of hydrogen-bond donors (Lipinski definition) is 0. The summed E-state index contributed by atoms with van der Waals surface area (Å²) in [6.45, 7) is 10.8. The molecule has 0 spiro atoms. The zero-order chi connectivity index (χ0) is 27.3. The van der Waals surface area contributed by atoms with Gasteiger partial charge < -0.3 is 4.90 Å². The third-order valence-corrected chi connectivity index (χ3v) is 8.75.